The zero-order chi connectivity index (χ0) is 18.4. The van der Waals surface area contributed by atoms with Crippen molar-refractivity contribution in [1.82, 2.24) is 24.9 Å². The van der Waals surface area contributed by atoms with E-state index < -0.39 is 0 Å². The second-order valence-corrected chi connectivity index (χ2v) is 6.83. The van der Waals surface area contributed by atoms with E-state index in [1.54, 1.807) is 30.4 Å². The van der Waals surface area contributed by atoms with Crippen LogP contribution in [0.25, 0.3) is 11.3 Å². The Morgan fingerprint density at radius 3 is 2.62 bits per heavy atom. The van der Waals surface area contributed by atoms with Gasteiger partial charge in [-0.1, -0.05) is 32.0 Å². The average molecular weight is 366 g/mol. The molecule has 0 saturated carbocycles. The molecule has 0 aliphatic rings. The molecule has 6 nitrogen and oxygen atoms in total. The zero-order valence-electron chi connectivity index (χ0n) is 15.2. The third-order valence-electron chi connectivity index (χ3n) is 4.13. The van der Waals surface area contributed by atoms with Crippen molar-refractivity contribution in [1.29, 1.82) is 0 Å². The number of hydrogen-bond acceptors (Lipinski definition) is 7. The highest BCUT2D eigenvalue weighted by atomic mass is 32.2. The number of nitrogens with one attached hydrogen (secondary N) is 1. The van der Waals surface area contributed by atoms with Crippen LogP contribution in [0.15, 0.2) is 48.1 Å². The molecule has 134 valence electrons. The molecule has 7 heteroatoms. The van der Waals surface area contributed by atoms with E-state index in [1.807, 2.05) is 30.7 Å². The predicted octanol–water partition coefficient (Wildman–Crippen LogP) is 4.38. The Labute approximate surface area is 158 Å². The lowest BCUT2D eigenvalue weighted by atomic mass is 9.99. The van der Waals surface area contributed by atoms with Gasteiger partial charge in [-0.05, 0) is 36.8 Å². The van der Waals surface area contributed by atoms with E-state index in [9.17, 15) is 0 Å². The number of rotatable bonds is 7. The van der Waals surface area contributed by atoms with E-state index in [1.165, 1.54) is 0 Å². The molecule has 3 heterocycles. The van der Waals surface area contributed by atoms with Crippen LogP contribution in [0.2, 0.25) is 0 Å². The van der Waals surface area contributed by atoms with E-state index >= 15 is 0 Å². The van der Waals surface area contributed by atoms with Gasteiger partial charge in [-0.3, -0.25) is 4.98 Å². The predicted molar refractivity (Wildman–Crippen MR) is 106 cm³/mol. The minimum atomic E-state index is 0.539. The van der Waals surface area contributed by atoms with E-state index in [0.717, 1.165) is 40.6 Å². The number of pyridine rings is 1. The van der Waals surface area contributed by atoms with Crippen LogP contribution in [0.1, 0.15) is 26.0 Å². The van der Waals surface area contributed by atoms with Gasteiger partial charge in [0, 0.05) is 36.0 Å². The molecule has 0 aliphatic carbocycles. The van der Waals surface area contributed by atoms with Crippen LogP contribution in [0.5, 0.6) is 0 Å². The number of anilines is 2. The lowest BCUT2D eigenvalue weighted by Crippen LogP contribution is -2.06. The molecule has 1 N–H and O–H groups in total. The fourth-order valence-corrected chi connectivity index (χ4v) is 2.83. The summed E-state index contributed by atoms with van der Waals surface area (Å²) in [4.78, 5) is 22.2. The lowest BCUT2D eigenvalue weighted by Gasteiger charge is -2.13. The van der Waals surface area contributed by atoms with Crippen LogP contribution in [0.3, 0.4) is 0 Å². The normalized spacial score (nSPS) is 12.0. The first-order valence-electron chi connectivity index (χ1n) is 8.60. The molecule has 0 saturated heterocycles. The molecule has 3 rings (SSSR count). The van der Waals surface area contributed by atoms with E-state index in [-0.39, 0.29) is 0 Å². The maximum atomic E-state index is 4.73. The van der Waals surface area contributed by atoms with Gasteiger partial charge < -0.3 is 5.32 Å². The van der Waals surface area contributed by atoms with Crippen LogP contribution >= 0.6 is 11.8 Å². The Balaban J connectivity index is 1.94. The number of nitrogens with zero attached hydrogens (tertiary/aromatic N) is 5. The number of thioether (sulfide) groups is 1. The monoisotopic (exact) mass is 366 g/mol. The van der Waals surface area contributed by atoms with Gasteiger partial charge in [-0.15, -0.1) is 0 Å². The van der Waals surface area contributed by atoms with Gasteiger partial charge >= 0.3 is 0 Å². The average Bonchev–Trinajstić information content (AvgIpc) is 2.68. The van der Waals surface area contributed by atoms with Crippen LogP contribution < -0.4 is 5.32 Å². The quantitative estimate of drug-likeness (QED) is 0.491. The summed E-state index contributed by atoms with van der Waals surface area (Å²) in [5.41, 5.74) is 3.71. The van der Waals surface area contributed by atoms with Gasteiger partial charge in [0.25, 0.3) is 0 Å². The standard InChI is InChI=1S/C19H22N6S/c1-4-13(2)11-17-15(12-22-19(25-17)26-3)16-7-10-21-18(24-16)23-14-5-8-20-9-6-14/h5-10,12-13H,4,11H2,1-3H3,(H,20,21,23,24). The second-order valence-electron chi connectivity index (χ2n) is 6.06. The van der Waals surface area contributed by atoms with E-state index in [2.05, 4.69) is 39.1 Å². The molecule has 3 aromatic rings. The highest BCUT2D eigenvalue weighted by molar-refractivity contribution is 7.98. The van der Waals surface area contributed by atoms with Crippen LogP contribution in [-0.2, 0) is 6.42 Å². The first kappa shape index (κ1) is 18.3. The maximum absolute atomic E-state index is 4.73. The van der Waals surface area contributed by atoms with Crippen LogP contribution in [0, 0.1) is 5.92 Å². The number of hydrogen-bond donors (Lipinski definition) is 1. The lowest BCUT2D eigenvalue weighted by molar-refractivity contribution is 0.549. The summed E-state index contributed by atoms with van der Waals surface area (Å²) in [5, 5.41) is 3.99. The molecule has 0 spiro atoms. The van der Waals surface area contributed by atoms with Crippen molar-refractivity contribution in [3.8, 4) is 11.3 Å². The third-order valence-corrected chi connectivity index (χ3v) is 4.70. The first-order valence-corrected chi connectivity index (χ1v) is 9.82. The Bertz CT molecular complexity index is 856. The van der Waals surface area contributed by atoms with Crippen LogP contribution in [0.4, 0.5) is 11.6 Å². The van der Waals surface area contributed by atoms with E-state index in [4.69, 9.17) is 4.98 Å². The number of aromatic nitrogens is 5. The van der Waals surface area contributed by atoms with Crippen molar-refractivity contribution in [3.63, 3.8) is 0 Å². The molecule has 26 heavy (non-hydrogen) atoms. The van der Waals surface area contributed by atoms with Crippen molar-refractivity contribution in [2.45, 2.75) is 31.8 Å². The molecule has 0 bridgehead atoms. The SMILES string of the molecule is CCC(C)Cc1nc(SC)ncc1-c1ccnc(Nc2ccncc2)n1. The molecule has 0 radical (unpaired) electrons. The van der Waals surface area contributed by atoms with Crippen molar-refractivity contribution >= 4 is 23.4 Å². The molecule has 0 fully saturated rings. The minimum Gasteiger partial charge on any atom is -0.324 e. The van der Waals surface area contributed by atoms with Gasteiger partial charge in [-0.25, -0.2) is 19.9 Å². The Kier molecular flexibility index (Phi) is 6.12. The van der Waals surface area contributed by atoms with Crippen molar-refractivity contribution in [2.75, 3.05) is 11.6 Å². The summed E-state index contributed by atoms with van der Waals surface area (Å²) in [7, 11) is 0. The van der Waals surface area contributed by atoms with Gasteiger partial charge in [-0.2, -0.15) is 0 Å². The molecule has 0 aromatic carbocycles. The van der Waals surface area contributed by atoms with Crippen molar-refractivity contribution in [3.05, 3.63) is 48.7 Å². The Morgan fingerprint density at radius 2 is 1.88 bits per heavy atom. The fourth-order valence-electron chi connectivity index (χ4n) is 2.47. The Hall–Kier alpha value is -2.54. The summed E-state index contributed by atoms with van der Waals surface area (Å²) >= 11 is 1.55. The molecular weight excluding hydrogens is 344 g/mol. The van der Waals surface area contributed by atoms with Gasteiger partial charge in [0.2, 0.25) is 5.95 Å². The molecule has 3 aromatic heterocycles. The minimum absolute atomic E-state index is 0.539. The van der Waals surface area contributed by atoms with Crippen molar-refractivity contribution < 1.29 is 0 Å². The van der Waals surface area contributed by atoms with Gasteiger partial charge in [0.05, 0.1) is 11.4 Å². The van der Waals surface area contributed by atoms with Crippen molar-refractivity contribution in [2.24, 2.45) is 5.92 Å². The summed E-state index contributed by atoms with van der Waals surface area (Å²) in [6.07, 6.45) is 11.1. The molecule has 0 amide bonds. The third kappa shape index (κ3) is 4.54. The molecule has 0 aliphatic heterocycles. The summed E-state index contributed by atoms with van der Waals surface area (Å²) in [6, 6.07) is 5.65. The Morgan fingerprint density at radius 1 is 1.08 bits per heavy atom. The summed E-state index contributed by atoms with van der Waals surface area (Å²) in [6.45, 7) is 4.43. The fraction of sp³-hybridized carbons (Fsp3) is 0.316. The highest BCUT2D eigenvalue weighted by Gasteiger charge is 2.14. The second kappa shape index (κ2) is 8.71. The topological polar surface area (TPSA) is 76.5 Å². The zero-order valence-corrected chi connectivity index (χ0v) is 16.0. The summed E-state index contributed by atoms with van der Waals surface area (Å²) < 4.78 is 0. The first-order chi connectivity index (χ1) is 12.7. The highest BCUT2D eigenvalue weighted by Crippen LogP contribution is 2.25. The maximum Gasteiger partial charge on any atom is 0.227 e. The van der Waals surface area contributed by atoms with Gasteiger partial charge in [0.1, 0.15) is 0 Å². The summed E-state index contributed by atoms with van der Waals surface area (Å²) in [5.74, 6) is 1.09. The van der Waals surface area contributed by atoms with E-state index in [0.29, 0.717) is 11.9 Å². The smallest absolute Gasteiger partial charge is 0.227 e. The van der Waals surface area contributed by atoms with Crippen LogP contribution in [-0.4, -0.2) is 31.2 Å². The molecule has 1 atom stereocenters. The molecule has 1 unspecified atom stereocenters. The largest absolute Gasteiger partial charge is 0.324 e. The molecular formula is C19H22N6S. The van der Waals surface area contributed by atoms with Gasteiger partial charge in [0.15, 0.2) is 5.16 Å².